The monoisotopic (exact) mass is 541 g/mol. The van der Waals surface area contributed by atoms with Crippen LogP contribution in [0.25, 0.3) is 0 Å². The van der Waals surface area contributed by atoms with Crippen LogP contribution < -0.4 is 51.4 Å². The molecule has 2 rings (SSSR count). The largest absolute Gasteiger partial charge is 1.00 e. The molecule has 182 valence electrons. The standard InChI is InChI=1S/C8H15BO2S.C7H15BO4S.C2H4OS.CH3F.K/c1-6(10)12-8-3-7(4-8)5-9(2)11;1-8(9)5-6-3-7(4-6)12-13(2,10)11;1-2(3)4;1-2;/h7-8,11H,3-5H2,1-2H3;6-7,9H,3-5H2,1-2H3;1H3,(H,3,4);1H3;/q;;;;+1/p-1/i;;;1D;. The van der Waals surface area contributed by atoms with Gasteiger partial charge in [0.1, 0.15) is 0 Å². The molecule has 0 atom stereocenters. The van der Waals surface area contributed by atoms with Gasteiger partial charge >= 0.3 is 51.4 Å². The molecule has 0 heterocycles. The van der Waals surface area contributed by atoms with Gasteiger partial charge in [-0.05, 0) is 57.1 Å². The Morgan fingerprint density at radius 2 is 1.47 bits per heavy atom. The molecular formula is C18H36B2FKO7S3. The molecule has 2 saturated carbocycles. The molecule has 0 unspecified atom stereocenters. The first-order valence-electron chi connectivity index (χ1n) is 10.7. The number of carbonyl (C=O) groups excluding carboxylic acids is 2. The summed E-state index contributed by atoms with van der Waals surface area (Å²) < 4.78 is 41.7. The zero-order valence-electron chi connectivity index (χ0n) is 21.0. The minimum atomic E-state index is -3.30. The Labute approximate surface area is 247 Å². The van der Waals surface area contributed by atoms with Gasteiger partial charge in [0.25, 0.3) is 23.9 Å². The molecule has 0 aliphatic heterocycles. The average Bonchev–Trinajstić information content (AvgIpc) is 2.49. The van der Waals surface area contributed by atoms with Gasteiger partial charge in [0.2, 0.25) is 0 Å². The smallest absolute Gasteiger partial charge is 0.742 e. The van der Waals surface area contributed by atoms with Crippen molar-refractivity contribution < 1.29 is 89.4 Å². The van der Waals surface area contributed by atoms with Crippen LogP contribution in [0.2, 0.25) is 26.3 Å². The molecule has 2 aliphatic carbocycles. The molecule has 0 radical (unpaired) electrons. The third kappa shape index (κ3) is 24.6. The molecule has 32 heavy (non-hydrogen) atoms. The van der Waals surface area contributed by atoms with Gasteiger partial charge in [-0.2, -0.15) is 8.42 Å². The van der Waals surface area contributed by atoms with E-state index >= 15 is 0 Å². The van der Waals surface area contributed by atoms with E-state index in [9.17, 15) is 22.4 Å². The second kappa shape index (κ2) is 20.6. The second-order valence-corrected chi connectivity index (χ2v) is 11.6. The van der Waals surface area contributed by atoms with Gasteiger partial charge in [0.15, 0.2) is 5.12 Å². The van der Waals surface area contributed by atoms with E-state index in [1.807, 2.05) is 6.82 Å². The Hall–Kier alpha value is 1.44. The van der Waals surface area contributed by atoms with E-state index in [1.54, 1.807) is 13.7 Å². The summed E-state index contributed by atoms with van der Waals surface area (Å²) in [5, 5.41) is 18.6. The maximum Gasteiger partial charge on any atom is 1.00 e. The van der Waals surface area contributed by atoms with E-state index in [0.29, 0.717) is 17.1 Å². The summed E-state index contributed by atoms with van der Waals surface area (Å²) in [4.78, 5) is 19.9. The zero-order valence-corrected chi connectivity index (χ0v) is 25.5. The molecule has 7 nitrogen and oxygen atoms in total. The first kappa shape index (κ1) is 35.6. The number of hydrogen-bond donors (Lipinski definition) is 2. The maximum absolute atomic E-state index is 10.7. The Morgan fingerprint density at radius 1 is 1.12 bits per heavy atom. The molecule has 2 fully saturated rings. The van der Waals surface area contributed by atoms with Gasteiger partial charge in [-0.3, -0.25) is 13.4 Å². The molecule has 14 heteroatoms. The third-order valence-corrected chi connectivity index (χ3v) is 6.05. The fourth-order valence-corrected chi connectivity index (χ4v) is 5.21. The van der Waals surface area contributed by atoms with E-state index in [4.69, 9.17) is 15.6 Å². The first-order valence-corrected chi connectivity index (χ1v) is 13.1. The molecule has 0 amide bonds. The number of rotatable bonds is 7. The van der Waals surface area contributed by atoms with Crippen molar-refractivity contribution in [1.82, 2.24) is 0 Å². The molecule has 0 aromatic carbocycles. The third-order valence-electron chi connectivity index (χ3n) is 4.38. The van der Waals surface area contributed by atoms with Gasteiger partial charge < -0.3 is 27.5 Å². The van der Waals surface area contributed by atoms with Crippen LogP contribution in [-0.2, 0) is 36.5 Å². The van der Waals surface area contributed by atoms with Crippen molar-refractivity contribution >= 4 is 58.6 Å². The molecular weight excluding hydrogens is 504 g/mol. The van der Waals surface area contributed by atoms with Gasteiger partial charge in [-0.15, -0.1) is 0 Å². The summed E-state index contributed by atoms with van der Waals surface area (Å²) in [6.45, 7) is 6.04. The number of halogens is 1. The van der Waals surface area contributed by atoms with Gasteiger partial charge in [-0.1, -0.05) is 25.4 Å². The summed E-state index contributed by atoms with van der Waals surface area (Å²) in [6.07, 6.45) is 6.26. The quantitative estimate of drug-likeness (QED) is 0.254. The van der Waals surface area contributed by atoms with E-state index in [0.717, 1.165) is 44.6 Å². The zero-order chi connectivity index (χ0) is 25.5. The SMILES string of the molecule is CB(O)CC1CC(OS(C)(=O)=O)C1.CB(O)CC1CC(SC(C)=O)C1.CC(=O)[S-].[2H]CF.[K+]. The molecule has 0 spiro atoms. The summed E-state index contributed by atoms with van der Waals surface area (Å²) in [7, 11) is -4.30. The number of carbonyl (C=O) groups is 2. The fourth-order valence-electron chi connectivity index (χ4n) is 3.36. The molecule has 0 bridgehead atoms. The van der Waals surface area contributed by atoms with Gasteiger partial charge in [0, 0.05) is 17.3 Å². The molecule has 0 saturated heterocycles. The first-order chi connectivity index (χ1) is 14.6. The summed E-state index contributed by atoms with van der Waals surface area (Å²) in [6, 6.07) is 0. The molecule has 2 aliphatic rings. The van der Waals surface area contributed by atoms with Crippen molar-refractivity contribution in [3.8, 4) is 0 Å². The van der Waals surface area contributed by atoms with Crippen molar-refractivity contribution in [3.05, 3.63) is 0 Å². The number of thioether (sulfide) groups is 1. The van der Waals surface area contributed by atoms with Crippen LogP contribution >= 0.6 is 11.8 Å². The number of hydrogen-bond acceptors (Lipinski definition) is 9. The predicted octanol–water partition coefficient (Wildman–Crippen LogP) is -0.317. The van der Waals surface area contributed by atoms with Crippen molar-refractivity contribution in [3.63, 3.8) is 0 Å². The minimum absolute atomic E-state index is 0. The van der Waals surface area contributed by atoms with Crippen LogP contribution in [0.1, 0.15) is 40.9 Å². The maximum atomic E-state index is 10.7. The second-order valence-electron chi connectivity index (χ2n) is 7.99. The van der Waals surface area contributed by atoms with E-state index in [-0.39, 0.29) is 81.6 Å². The summed E-state index contributed by atoms with van der Waals surface area (Å²) >= 11 is 5.43. The summed E-state index contributed by atoms with van der Waals surface area (Å²) in [5.41, 5.74) is 0. The van der Waals surface area contributed by atoms with Crippen molar-refractivity contribution in [2.45, 2.75) is 77.2 Å². The van der Waals surface area contributed by atoms with E-state index in [2.05, 4.69) is 12.6 Å². The van der Waals surface area contributed by atoms with Crippen molar-refractivity contribution in [2.75, 3.05) is 13.4 Å². The number of alkyl halides is 1. The van der Waals surface area contributed by atoms with Crippen LogP contribution in [0.3, 0.4) is 0 Å². The van der Waals surface area contributed by atoms with Crippen LogP contribution in [-0.4, -0.2) is 67.3 Å². The Kier molecular flexibility index (Phi) is 22.9. The predicted molar refractivity (Wildman–Crippen MR) is 130 cm³/mol. The Bertz CT molecular complexity index is 633. The topological polar surface area (TPSA) is 118 Å². The van der Waals surface area contributed by atoms with Gasteiger partial charge in [-0.25, -0.2) is 0 Å². The van der Waals surface area contributed by atoms with Crippen molar-refractivity contribution in [2.24, 2.45) is 11.8 Å². The summed E-state index contributed by atoms with van der Waals surface area (Å²) in [5.74, 6) is 1.08. The van der Waals surface area contributed by atoms with Crippen molar-refractivity contribution in [1.29, 1.82) is 0 Å². The molecule has 0 aromatic rings. The van der Waals surface area contributed by atoms with Gasteiger partial charge in [0.05, 0.1) is 20.9 Å². The Morgan fingerprint density at radius 3 is 1.75 bits per heavy atom. The normalized spacial score (nSPS) is 23.3. The molecule has 2 N–H and O–H groups in total. The van der Waals surface area contributed by atoms with E-state index in [1.165, 1.54) is 18.7 Å². The Balaban J connectivity index is -0.000000417. The average molecular weight is 541 g/mol. The fraction of sp³-hybridized carbons (Fsp3) is 0.889. The van der Waals surface area contributed by atoms with Crippen LogP contribution in [0.4, 0.5) is 4.39 Å². The van der Waals surface area contributed by atoms with E-state index < -0.39 is 17.3 Å². The van der Waals surface area contributed by atoms with Crippen LogP contribution in [0.5, 0.6) is 0 Å². The van der Waals surface area contributed by atoms with Crippen LogP contribution in [0, 0.1) is 11.8 Å². The van der Waals surface area contributed by atoms with Crippen LogP contribution in [0.15, 0.2) is 0 Å². The minimum Gasteiger partial charge on any atom is -0.742 e. The molecule has 0 aromatic heterocycles.